The van der Waals surface area contributed by atoms with Gasteiger partial charge in [-0.15, -0.1) is 0 Å². The maximum atomic E-state index is 2.63. The van der Waals surface area contributed by atoms with E-state index in [2.05, 4.69) is 219 Å². The Morgan fingerprint density at radius 3 is 1.52 bits per heavy atom. The van der Waals surface area contributed by atoms with Gasteiger partial charge in [-0.3, -0.25) is 0 Å². The molecule has 0 spiro atoms. The van der Waals surface area contributed by atoms with Crippen molar-refractivity contribution in [3.05, 3.63) is 175 Å². The van der Waals surface area contributed by atoms with Crippen LogP contribution in [0.15, 0.2) is 164 Å². The molecule has 292 valence electrons. The molecule has 0 aliphatic carbocycles. The van der Waals surface area contributed by atoms with Crippen LogP contribution in [0.1, 0.15) is 52.7 Å². The second kappa shape index (κ2) is 11.8. The van der Waals surface area contributed by atoms with Gasteiger partial charge in [-0.2, -0.15) is 0 Å². The van der Waals surface area contributed by atoms with E-state index in [0.29, 0.717) is 0 Å². The molecule has 0 fully saturated rings. The third kappa shape index (κ3) is 4.64. The molecule has 0 amide bonds. The Bertz CT molecular complexity index is 3890. The molecule has 0 aliphatic heterocycles. The van der Waals surface area contributed by atoms with Crippen LogP contribution in [0.25, 0.3) is 97.7 Å². The molecule has 9 aromatic carbocycles. The third-order valence-corrected chi connectivity index (χ3v) is 13.8. The number of fused-ring (bicyclic) bond motifs is 16. The van der Waals surface area contributed by atoms with Crippen LogP contribution in [0.3, 0.4) is 0 Å². The molecule has 3 heteroatoms. The second-order valence-electron chi connectivity index (χ2n) is 19.4. The summed E-state index contributed by atoms with van der Waals surface area (Å²) in [5.74, 6) is 0. The first kappa shape index (κ1) is 34.7. The zero-order chi connectivity index (χ0) is 41.1. The van der Waals surface area contributed by atoms with Gasteiger partial charge in [0.2, 0.25) is 0 Å². The van der Waals surface area contributed by atoms with Crippen LogP contribution in [0.4, 0.5) is 17.1 Å². The fourth-order valence-corrected chi connectivity index (χ4v) is 10.8. The number of hydrogen-bond donors (Lipinski definition) is 0. The zero-order valence-electron chi connectivity index (χ0n) is 35.4. The standard InChI is InChI=1S/C58H45N3/c1-57(2,3)36-28-43-42-32-50-46(53-41-24-16-14-18-35(41)27-47-52-40-23-15-13-17-34(40)25-26-48(52)60(50)56(47)53)33-49(42)61-54(43)44(29-36)45-30-37(58(4,5)6)31-51(55(45)61)59(38-19-9-7-10-20-38)39-21-11-8-12-22-39/h7-33H,1-6H3. The Hall–Kier alpha value is -7.10. The highest BCUT2D eigenvalue weighted by molar-refractivity contribution is 6.36. The van der Waals surface area contributed by atoms with Crippen LogP contribution in [0.5, 0.6) is 0 Å². The van der Waals surface area contributed by atoms with Gasteiger partial charge in [0.15, 0.2) is 0 Å². The Morgan fingerprint density at radius 2 is 0.869 bits per heavy atom. The molecule has 0 atom stereocenters. The molecular formula is C58H45N3. The Balaban J connectivity index is 1.28. The molecule has 13 aromatic rings. The van der Waals surface area contributed by atoms with Crippen molar-refractivity contribution in [1.82, 2.24) is 8.80 Å². The first-order valence-electron chi connectivity index (χ1n) is 21.7. The normalized spacial score (nSPS) is 13.1. The fraction of sp³-hybridized carbons (Fsp3) is 0.138. The molecule has 4 aromatic heterocycles. The van der Waals surface area contributed by atoms with Crippen molar-refractivity contribution in [3.63, 3.8) is 0 Å². The summed E-state index contributed by atoms with van der Waals surface area (Å²) in [5.41, 5.74) is 13.6. The molecule has 0 aliphatic rings. The Kier molecular flexibility index (Phi) is 6.72. The molecular weight excluding hydrogens is 739 g/mol. The van der Waals surface area contributed by atoms with Crippen LogP contribution in [0, 0.1) is 0 Å². The molecule has 4 heterocycles. The average molecular weight is 784 g/mol. The third-order valence-electron chi connectivity index (χ3n) is 13.8. The van der Waals surface area contributed by atoms with Crippen molar-refractivity contribution in [2.75, 3.05) is 4.90 Å². The van der Waals surface area contributed by atoms with Crippen LogP contribution < -0.4 is 4.90 Å². The number of hydrogen-bond acceptors (Lipinski definition) is 1. The Morgan fingerprint density at radius 1 is 0.344 bits per heavy atom. The van der Waals surface area contributed by atoms with Crippen molar-refractivity contribution in [1.29, 1.82) is 0 Å². The highest BCUT2D eigenvalue weighted by atomic mass is 15.2. The summed E-state index contributed by atoms with van der Waals surface area (Å²) in [4.78, 5) is 2.48. The summed E-state index contributed by atoms with van der Waals surface area (Å²) in [6.45, 7) is 14.1. The fourth-order valence-electron chi connectivity index (χ4n) is 10.8. The highest BCUT2D eigenvalue weighted by Crippen LogP contribution is 2.51. The van der Waals surface area contributed by atoms with E-state index < -0.39 is 0 Å². The summed E-state index contributed by atoms with van der Waals surface area (Å²) in [6, 6.07) is 61.8. The molecule has 61 heavy (non-hydrogen) atoms. The van der Waals surface area contributed by atoms with Crippen LogP contribution in [-0.2, 0) is 10.8 Å². The summed E-state index contributed by atoms with van der Waals surface area (Å²) in [6.07, 6.45) is 0. The van der Waals surface area contributed by atoms with Gasteiger partial charge in [0.1, 0.15) is 0 Å². The van der Waals surface area contributed by atoms with E-state index in [9.17, 15) is 0 Å². The topological polar surface area (TPSA) is 12.1 Å². The minimum Gasteiger partial charge on any atom is -0.308 e. The zero-order valence-corrected chi connectivity index (χ0v) is 35.4. The Labute approximate surface area is 354 Å². The van der Waals surface area contributed by atoms with E-state index >= 15 is 0 Å². The summed E-state index contributed by atoms with van der Waals surface area (Å²) < 4.78 is 5.21. The molecule has 0 radical (unpaired) electrons. The molecule has 3 nitrogen and oxygen atoms in total. The van der Waals surface area contributed by atoms with E-state index in [0.717, 1.165) is 11.4 Å². The van der Waals surface area contributed by atoms with E-state index in [4.69, 9.17) is 0 Å². The van der Waals surface area contributed by atoms with E-state index in [-0.39, 0.29) is 10.8 Å². The number of para-hydroxylation sites is 2. The highest BCUT2D eigenvalue weighted by Gasteiger charge is 2.30. The largest absolute Gasteiger partial charge is 0.308 e. The van der Waals surface area contributed by atoms with Crippen molar-refractivity contribution in [2.24, 2.45) is 0 Å². The maximum Gasteiger partial charge on any atom is 0.0783 e. The summed E-state index contributed by atoms with van der Waals surface area (Å²) >= 11 is 0. The van der Waals surface area contributed by atoms with Crippen molar-refractivity contribution in [3.8, 4) is 0 Å². The van der Waals surface area contributed by atoms with Crippen molar-refractivity contribution >= 4 is 115 Å². The number of benzene rings is 9. The van der Waals surface area contributed by atoms with Gasteiger partial charge in [0.05, 0.1) is 38.8 Å². The lowest BCUT2D eigenvalue weighted by atomic mass is 9.84. The van der Waals surface area contributed by atoms with E-state index in [1.54, 1.807) is 0 Å². The molecule has 0 N–H and O–H groups in total. The van der Waals surface area contributed by atoms with Gasteiger partial charge in [0.25, 0.3) is 0 Å². The lowest BCUT2D eigenvalue weighted by Crippen LogP contribution is -2.15. The molecule has 0 saturated heterocycles. The number of aromatic nitrogens is 2. The second-order valence-corrected chi connectivity index (χ2v) is 19.4. The predicted molar refractivity (Wildman–Crippen MR) is 263 cm³/mol. The SMILES string of the molecule is CC(C)(C)c1cc(N(c2ccccc2)c2ccccc2)c2c(c1)c1cc(C(C)(C)C)cc3c4cc5c(cc4n2c31)c1c2ccccc2cc2c3c4ccccc4ccc3n5c21. The van der Waals surface area contributed by atoms with Gasteiger partial charge in [-0.25, -0.2) is 0 Å². The van der Waals surface area contributed by atoms with Gasteiger partial charge in [0, 0.05) is 54.5 Å². The van der Waals surface area contributed by atoms with E-state index in [1.807, 2.05) is 0 Å². The predicted octanol–water partition coefficient (Wildman–Crippen LogP) is 16.4. The molecule has 0 unspecified atom stereocenters. The lowest BCUT2D eigenvalue weighted by molar-refractivity contribution is 0.591. The van der Waals surface area contributed by atoms with Crippen LogP contribution in [0.2, 0.25) is 0 Å². The summed E-state index contributed by atoms with van der Waals surface area (Å²) in [5, 5.41) is 15.6. The smallest absolute Gasteiger partial charge is 0.0783 e. The van der Waals surface area contributed by atoms with Gasteiger partial charge in [-0.05, 0) is 116 Å². The monoisotopic (exact) mass is 783 g/mol. The first-order chi connectivity index (χ1) is 29.5. The molecule has 13 rings (SSSR count). The van der Waals surface area contributed by atoms with Crippen LogP contribution >= 0.6 is 0 Å². The summed E-state index contributed by atoms with van der Waals surface area (Å²) in [7, 11) is 0. The molecule has 0 saturated carbocycles. The lowest BCUT2D eigenvalue weighted by Gasteiger charge is -2.29. The van der Waals surface area contributed by atoms with Crippen molar-refractivity contribution < 1.29 is 0 Å². The minimum absolute atomic E-state index is 0.0534. The average Bonchev–Trinajstić information content (AvgIpc) is 3.98. The number of anilines is 3. The first-order valence-corrected chi connectivity index (χ1v) is 21.7. The van der Waals surface area contributed by atoms with Gasteiger partial charge >= 0.3 is 0 Å². The van der Waals surface area contributed by atoms with Gasteiger partial charge in [-0.1, -0.05) is 133 Å². The van der Waals surface area contributed by atoms with E-state index in [1.165, 1.54) is 115 Å². The number of nitrogens with zero attached hydrogens (tertiary/aromatic N) is 3. The minimum atomic E-state index is -0.0783. The maximum absolute atomic E-state index is 2.63. The quantitative estimate of drug-likeness (QED) is 0.174. The van der Waals surface area contributed by atoms with Gasteiger partial charge < -0.3 is 13.7 Å². The molecule has 0 bridgehead atoms. The van der Waals surface area contributed by atoms with Crippen molar-refractivity contribution in [2.45, 2.75) is 52.4 Å². The van der Waals surface area contributed by atoms with Crippen LogP contribution in [-0.4, -0.2) is 8.80 Å². The number of rotatable bonds is 3.